The number of ether oxygens (including phenoxy) is 4. The normalized spacial score (nSPS) is 24.3. The second-order valence-electron chi connectivity index (χ2n) is 10.7. The van der Waals surface area contributed by atoms with E-state index in [1.807, 2.05) is 11.0 Å². The largest absolute Gasteiger partial charge is 0.463 e. The molecule has 216 valence electrons. The maximum absolute atomic E-state index is 14.4. The van der Waals surface area contributed by atoms with E-state index in [4.69, 9.17) is 30.5 Å². The molecule has 2 fully saturated rings. The van der Waals surface area contributed by atoms with Crippen LogP contribution in [-0.4, -0.2) is 75.4 Å². The van der Waals surface area contributed by atoms with E-state index in [-0.39, 0.29) is 23.1 Å². The van der Waals surface area contributed by atoms with Gasteiger partial charge < -0.3 is 23.8 Å². The van der Waals surface area contributed by atoms with Gasteiger partial charge >= 0.3 is 17.9 Å². The zero-order valence-corrected chi connectivity index (χ0v) is 23.3. The highest BCUT2D eigenvalue weighted by Crippen LogP contribution is 2.47. The molecule has 1 spiro atoms. The van der Waals surface area contributed by atoms with Gasteiger partial charge in [-0.25, -0.2) is 9.37 Å². The molecule has 0 N–H and O–H groups in total. The van der Waals surface area contributed by atoms with Crippen molar-refractivity contribution < 1.29 is 37.7 Å². The van der Waals surface area contributed by atoms with Crippen LogP contribution in [0, 0.1) is 11.2 Å². The summed E-state index contributed by atoms with van der Waals surface area (Å²) >= 11 is 6.37. The van der Waals surface area contributed by atoms with Crippen molar-refractivity contribution >= 4 is 46.5 Å². The number of carbonyl (C=O) groups is 3. The monoisotopic (exact) mass is 587 g/mol. The molecule has 1 unspecified atom stereocenters. The number of halogens is 2. The lowest BCUT2D eigenvalue weighted by Gasteiger charge is -2.49. The van der Waals surface area contributed by atoms with E-state index < -0.39 is 42.4 Å². The van der Waals surface area contributed by atoms with Crippen LogP contribution in [0.5, 0.6) is 0 Å². The summed E-state index contributed by atoms with van der Waals surface area (Å²) in [6.07, 6.45) is -1.29. The molecule has 14 heteroatoms. The molecule has 3 aromatic rings. The first kappa shape index (κ1) is 27.3. The van der Waals surface area contributed by atoms with Crippen LogP contribution in [0.2, 0.25) is 5.28 Å². The summed E-state index contributed by atoms with van der Waals surface area (Å²) in [5.41, 5.74) is 2.43. The molecule has 1 aromatic carbocycles. The summed E-state index contributed by atoms with van der Waals surface area (Å²) in [6.45, 7) is 4.69. The minimum atomic E-state index is -1.11. The van der Waals surface area contributed by atoms with Crippen molar-refractivity contribution in [3.8, 4) is 0 Å². The Morgan fingerprint density at radius 3 is 2.49 bits per heavy atom. The van der Waals surface area contributed by atoms with Gasteiger partial charge in [-0.2, -0.15) is 9.97 Å². The molecule has 4 heterocycles. The Labute approximate surface area is 238 Å². The fourth-order valence-electron chi connectivity index (χ4n) is 6.14. The van der Waals surface area contributed by atoms with Gasteiger partial charge in [0.1, 0.15) is 18.5 Å². The van der Waals surface area contributed by atoms with Crippen LogP contribution >= 0.6 is 11.6 Å². The second kappa shape index (κ2) is 10.2. The molecule has 41 heavy (non-hydrogen) atoms. The Balaban J connectivity index is 1.31. The summed E-state index contributed by atoms with van der Waals surface area (Å²) < 4.78 is 38.2. The van der Waals surface area contributed by atoms with Crippen molar-refractivity contribution in [2.45, 2.75) is 58.2 Å². The number of esters is 3. The smallest absolute Gasteiger partial charge is 0.303 e. The molecule has 0 radical (unpaired) electrons. The standard InChI is InChI=1S/C27H27ClFN5O7/c1-13(35)38-9-19-21(39-14(2)36)22(40-15(3)37)25(41-19)34-12-30-20-23(31-26(28)32-24(20)34)33-10-27(11-33)7-16-5-4-6-18(29)17(16)8-27/h4-6,12,19,21-22,25H,7-11H2,1-3H3/t19-,21+,22?,25-/m1/s1. The molecule has 1 aliphatic carbocycles. The van der Waals surface area contributed by atoms with Crippen LogP contribution in [-0.2, 0) is 46.2 Å². The summed E-state index contributed by atoms with van der Waals surface area (Å²) in [5.74, 6) is -1.49. The molecule has 4 atom stereocenters. The van der Waals surface area contributed by atoms with Crippen molar-refractivity contribution in [1.82, 2.24) is 19.5 Å². The highest BCUT2D eigenvalue weighted by atomic mass is 35.5. The molecule has 6 rings (SSSR count). The maximum atomic E-state index is 14.4. The fourth-order valence-corrected chi connectivity index (χ4v) is 6.30. The molecule has 3 aliphatic rings. The first-order chi connectivity index (χ1) is 19.5. The van der Waals surface area contributed by atoms with E-state index in [1.165, 1.54) is 37.7 Å². The molecular weight excluding hydrogens is 561 g/mol. The Morgan fingerprint density at radius 1 is 1.07 bits per heavy atom. The van der Waals surface area contributed by atoms with Crippen LogP contribution in [0.4, 0.5) is 10.2 Å². The van der Waals surface area contributed by atoms with E-state index in [0.29, 0.717) is 36.5 Å². The topological polar surface area (TPSA) is 135 Å². The average Bonchev–Trinajstić information content (AvgIpc) is 3.56. The number of rotatable bonds is 6. The Morgan fingerprint density at radius 2 is 1.80 bits per heavy atom. The van der Waals surface area contributed by atoms with Crippen molar-refractivity contribution in [1.29, 1.82) is 0 Å². The molecular formula is C27H27ClFN5O7. The number of aromatic nitrogens is 4. The van der Waals surface area contributed by atoms with Crippen LogP contribution < -0.4 is 4.90 Å². The van der Waals surface area contributed by atoms with Crippen LogP contribution in [0.3, 0.4) is 0 Å². The number of benzene rings is 1. The highest BCUT2D eigenvalue weighted by Gasteiger charge is 2.52. The SMILES string of the molecule is CC(=O)OC[C@H]1O[C@@H](n2cnc3c(N4CC5(Cc6cccc(F)c6C5)C4)nc(Cl)nc32)C(OC(C)=O)[C@H]1OC(C)=O. The minimum absolute atomic E-state index is 0.0361. The number of fused-ring (bicyclic) bond motifs is 2. The van der Waals surface area contributed by atoms with Crippen molar-refractivity contribution in [3.05, 3.63) is 46.8 Å². The third-order valence-corrected chi connectivity index (χ3v) is 7.84. The van der Waals surface area contributed by atoms with Crippen molar-refractivity contribution in [2.75, 3.05) is 24.6 Å². The highest BCUT2D eigenvalue weighted by molar-refractivity contribution is 6.28. The Kier molecular flexibility index (Phi) is 6.81. The average molecular weight is 588 g/mol. The number of hydrogen-bond acceptors (Lipinski definition) is 11. The maximum Gasteiger partial charge on any atom is 0.303 e. The molecule has 2 saturated heterocycles. The lowest BCUT2D eigenvalue weighted by Crippen LogP contribution is -2.57. The zero-order chi connectivity index (χ0) is 29.1. The third-order valence-electron chi connectivity index (χ3n) is 7.68. The third kappa shape index (κ3) is 4.97. The lowest BCUT2D eigenvalue weighted by molar-refractivity contribution is -0.166. The molecule has 2 aliphatic heterocycles. The van der Waals surface area contributed by atoms with Gasteiger partial charge in [0.05, 0.1) is 6.33 Å². The van der Waals surface area contributed by atoms with Gasteiger partial charge in [0.2, 0.25) is 5.28 Å². The van der Waals surface area contributed by atoms with Gasteiger partial charge in [-0.15, -0.1) is 0 Å². The summed E-state index contributed by atoms with van der Waals surface area (Å²) in [5, 5.41) is -0.0361. The first-order valence-electron chi connectivity index (χ1n) is 13.1. The first-order valence-corrected chi connectivity index (χ1v) is 13.5. The van der Waals surface area contributed by atoms with E-state index in [0.717, 1.165) is 17.5 Å². The molecule has 12 nitrogen and oxygen atoms in total. The van der Waals surface area contributed by atoms with Gasteiger partial charge in [0.15, 0.2) is 35.4 Å². The van der Waals surface area contributed by atoms with E-state index >= 15 is 0 Å². The lowest BCUT2D eigenvalue weighted by atomic mass is 9.77. The van der Waals surface area contributed by atoms with Crippen molar-refractivity contribution in [2.24, 2.45) is 5.41 Å². The number of imidazole rings is 1. The van der Waals surface area contributed by atoms with Gasteiger partial charge in [-0.05, 0) is 41.6 Å². The van der Waals surface area contributed by atoms with Crippen molar-refractivity contribution in [3.63, 3.8) is 0 Å². The zero-order valence-electron chi connectivity index (χ0n) is 22.5. The molecule has 0 amide bonds. The summed E-state index contributed by atoms with van der Waals surface area (Å²) in [4.78, 5) is 50.8. The predicted octanol–water partition coefficient (Wildman–Crippen LogP) is 2.55. The summed E-state index contributed by atoms with van der Waals surface area (Å²) in [6, 6.07) is 5.20. The minimum Gasteiger partial charge on any atom is -0.463 e. The quantitative estimate of drug-likeness (QED) is 0.239. The van der Waals surface area contributed by atoms with Gasteiger partial charge in [-0.1, -0.05) is 12.1 Å². The van der Waals surface area contributed by atoms with E-state index in [2.05, 4.69) is 15.0 Å². The second-order valence-corrected chi connectivity index (χ2v) is 11.1. The Bertz CT molecular complexity index is 1560. The van der Waals surface area contributed by atoms with E-state index in [9.17, 15) is 18.8 Å². The molecule has 0 bridgehead atoms. The van der Waals surface area contributed by atoms with Crippen LogP contribution in [0.15, 0.2) is 24.5 Å². The number of nitrogens with zero attached hydrogens (tertiary/aromatic N) is 5. The number of carbonyl (C=O) groups excluding carboxylic acids is 3. The predicted molar refractivity (Wildman–Crippen MR) is 140 cm³/mol. The fraction of sp³-hybridized carbons (Fsp3) is 0.481. The van der Waals surface area contributed by atoms with Gasteiger partial charge in [0, 0.05) is 39.3 Å². The molecule has 2 aromatic heterocycles. The van der Waals surface area contributed by atoms with Crippen LogP contribution in [0.1, 0.15) is 38.1 Å². The Hall–Kier alpha value is -3.84. The van der Waals surface area contributed by atoms with Gasteiger partial charge in [0.25, 0.3) is 0 Å². The van der Waals surface area contributed by atoms with E-state index in [1.54, 1.807) is 6.07 Å². The number of hydrogen-bond donors (Lipinski definition) is 0. The molecule has 0 saturated carbocycles. The summed E-state index contributed by atoms with van der Waals surface area (Å²) in [7, 11) is 0. The number of anilines is 1. The van der Waals surface area contributed by atoms with Gasteiger partial charge in [-0.3, -0.25) is 19.0 Å². The van der Waals surface area contributed by atoms with Crippen LogP contribution in [0.25, 0.3) is 11.2 Å².